The number of carboxylic acids is 1. The molecule has 1 fully saturated rings. The zero-order chi connectivity index (χ0) is 17.1. The van der Waals surface area contributed by atoms with Crippen molar-refractivity contribution < 1.29 is 19.4 Å². The number of nitrogens with zero attached hydrogens (tertiary/aromatic N) is 2. The van der Waals surface area contributed by atoms with Crippen molar-refractivity contribution in [2.75, 3.05) is 20.2 Å². The number of carbonyl (C=O) groups is 2. The number of ether oxygens (including phenoxy) is 1. The number of pyridine rings is 1. The third-order valence-corrected chi connectivity index (χ3v) is 4.23. The monoisotopic (exact) mass is 326 g/mol. The molecule has 1 saturated heterocycles. The summed E-state index contributed by atoms with van der Waals surface area (Å²) >= 11 is 0. The number of hydrogen-bond acceptors (Lipinski definition) is 4. The Morgan fingerprint density at radius 1 is 1.21 bits per heavy atom. The van der Waals surface area contributed by atoms with Crippen LogP contribution in [0.4, 0.5) is 0 Å². The molecule has 0 unspecified atom stereocenters. The highest BCUT2D eigenvalue weighted by Crippen LogP contribution is 2.24. The molecule has 0 spiro atoms. The molecule has 0 bridgehead atoms. The van der Waals surface area contributed by atoms with Gasteiger partial charge in [0.1, 0.15) is 5.75 Å². The van der Waals surface area contributed by atoms with Crippen molar-refractivity contribution in [3.8, 4) is 16.9 Å². The second-order valence-corrected chi connectivity index (χ2v) is 5.77. The van der Waals surface area contributed by atoms with Gasteiger partial charge < -0.3 is 14.7 Å². The topological polar surface area (TPSA) is 79.7 Å². The summed E-state index contributed by atoms with van der Waals surface area (Å²) in [6, 6.07) is 9.29. The summed E-state index contributed by atoms with van der Waals surface area (Å²) in [6.45, 7) is 0.712. The maximum atomic E-state index is 12.6. The van der Waals surface area contributed by atoms with Crippen molar-refractivity contribution in [2.24, 2.45) is 5.92 Å². The van der Waals surface area contributed by atoms with Crippen LogP contribution in [0.5, 0.6) is 5.75 Å². The number of benzene rings is 1. The zero-order valence-electron chi connectivity index (χ0n) is 13.3. The maximum Gasteiger partial charge on any atom is 0.308 e. The average Bonchev–Trinajstić information content (AvgIpc) is 3.12. The molecular formula is C18H18N2O4. The van der Waals surface area contributed by atoms with Crippen LogP contribution in [0.3, 0.4) is 0 Å². The highest BCUT2D eigenvalue weighted by atomic mass is 16.5. The van der Waals surface area contributed by atoms with Gasteiger partial charge in [-0.25, -0.2) is 0 Å². The fourth-order valence-electron chi connectivity index (χ4n) is 2.83. The fraction of sp³-hybridized carbons (Fsp3) is 0.278. The Bertz CT molecular complexity index is 758. The molecule has 124 valence electrons. The molecule has 1 aliphatic heterocycles. The molecule has 1 atom stereocenters. The van der Waals surface area contributed by atoms with Crippen molar-refractivity contribution >= 4 is 11.9 Å². The van der Waals surface area contributed by atoms with Crippen molar-refractivity contribution in [2.45, 2.75) is 6.42 Å². The van der Waals surface area contributed by atoms with Gasteiger partial charge in [0.2, 0.25) is 0 Å². The largest absolute Gasteiger partial charge is 0.497 e. The zero-order valence-corrected chi connectivity index (χ0v) is 13.3. The molecule has 2 heterocycles. The minimum Gasteiger partial charge on any atom is -0.497 e. The van der Waals surface area contributed by atoms with Crippen LogP contribution < -0.4 is 4.74 Å². The van der Waals surface area contributed by atoms with Gasteiger partial charge in [0.15, 0.2) is 0 Å². The van der Waals surface area contributed by atoms with Crippen LogP contribution in [-0.4, -0.2) is 47.1 Å². The average molecular weight is 326 g/mol. The molecule has 6 nitrogen and oxygen atoms in total. The summed E-state index contributed by atoms with van der Waals surface area (Å²) < 4.78 is 5.14. The first-order chi connectivity index (χ1) is 11.6. The van der Waals surface area contributed by atoms with Crippen molar-refractivity contribution in [3.05, 3.63) is 48.3 Å². The Hall–Kier alpha value is -2.89. The number of aromatic nitrogens is 1. The van der Waals surface area contributed by atoms with Gasteiger partial charge >= 0.3 is 5.97 Å². The third kappa shape index (κ3) is 3.22. The molecule has 1 aromatic heterocycles. The molecule has 0 saturated carbocycles. The van der Waals surface area contributed by atoms with Gasteiger partial charge in [0.25, 0.3) is 5.91 Å². The second-order valence-electron chi connectivity index (χ2n) is 5.77. The Kier molecular flexibility index (Phi) is 4.46. The van der Waals surface area contributed by atoms with Crippen LogP contribution in [-0.2, 0) is 4.79 Å². The van der Waals surface area contributed by atoms with E-state index in [-0.39, 0.29) is 12.5 Å². The van der Waals surface area contributed by atoms with E-state index in [1.807, 2.05) is 24.3 Å². The van der Waals surface area contributed by atoms with Gasteiger partial charge in [-0.1, -0.05) is 12.1 Å². The van der Waals surface area contributed by atoms with Crippen LogP contribution in [0.2, 0.25) is 0 Å². The first kappa shape index (κ1) is 16.0. The molecule has 1 aromatic carbocycles. The molecule has 24 heavy (non-hydrogen) atoms. The summed E-state index contributed by atoms with van der Waals surface area (Å²) in [7, 11) is 1.61. The van der Waals surface area contributed by atoms with E-state index < -0.39 is 11.9 Å². The maximum absolute atomic E-state index is 12.6. The standard InChI is InChI=1S/C18H18N2O4/c1-24-16-4-2-12(3-5-16)14-8-15(10-19-9-14)17(21)20-7-6-13(11-20)18(22)23/h2-5,8-10,13H,6-7,11H2,1H3,(H,22,23)/t13-/m1/s1. The molecule has 3 rings (SSSR count). The third-order valence-electron chi connectivity index (χ3n) is 4.23. The summed E-state index contributed by atoms with van der Waals surface area (Å²) in [5, 5.41) is 9.06. The molecule has 2 aromatic rings. The number of carbonyl (C=O) groups excluding carboxylic acids is 1. The van der Waals surface area contributed by atoms with Gasteiger partial charge in [-0.15, -0.1) is 0 Å². The lowest BCUT2D eigenvalue weighted by Crippen LogP contribution is -2.30. The van der Waals surface area contributed by atoms with E-state index in [2.05, 4.69) is 4.98 Å². The van der Waals surface area contributed by atoms with Crippen LogP contribution >= 0.6 is 0 Å². The Balaban J connectivity index is 1.79. The van der Waals surface area contributed by atoms with Gasteiger partial charge in [-0.3, -0.25) is 14.6 Å². The predicted octanol–water partition coefficient (Wildman–Crippen LogP) is 2.30. The minimum absolute atomic E-state index is 0.179. The first-order valence-corrected chi connectivity index (χ1v) is 7.70. The van der Waals surface area contributed by atoms with Crippen LogP contribution in [0.1, 0.15) is 16.8 Å². The number of amides is 1. The number of aliphatic carboxylic acids is 1. The lowest BCUT2D eigenvalue weighted by molar-refractivity contribution is -0.141. The van der Waals surface area contributed by atoms with E-state index in [9.17, 15) is 9.59 Å². The SMILES string of the molecule is COc1ccc(-c2cncc(C(=O)N3CC[C@@H](C(=O)O)C3)c2)cc1. The van der Waals surface area contributed by atoms with Crippen LogP contribution in [0.25, 0.3) is 11.1 Å². The fourth-order valence-corrected chi connectivity index (χ4v) is 2.83. The van der Waals surface area contributed by atoms with Gasteiger partial charge in [-0.05, 0) is 30.2 Å². The molecular weight excluding hydrogens is 308 g/mol. The second kappa shape index (κ2) is 6.70. The van der Waals surface area contributed by atoms with Gasteiger partial charge in [0.05, 0.1) is 18.6 Å². The number of hydrogen-bond donors (Lipinski definition) is 1. The molecule has 1 aliphatic rings. The van der Waals surface area contributed by atoms with Gasteiger partial charge in [0, 0.05) is 31.0 Å². The quantitative estimate of drug-likeness (QED) is 0.932. The van der Waals surface area contributed by atoms with Crippen molar-refractivity contribution in [3.63, 3.8) is 0 Å². The Morgan fingerprint density at radius 2 is 1.96 bits per heavy atom. The Labute approximate surface area is 139 Å². The van der Waals surface area contributed by atoms with Crippen LogP contribution in [0.15, 0.2) is 42.7 Å². The Morgan fingerprint density at radius 3 is 2.58 bits per heavy atom. The lowest BCUT2D eigenvalue weighted by atomic mass is 10.1. The summed E-state index contributed by atoms with van der Waals surface area (Å²) in [4.78, 5) is 29.3. The first-order valence-electron chi connectivity index (χ1n) is 7.70. The molecule has 0 aliphatic carbocycles. The van der Waals surface area contributed by atoms with E-state index in [4.69, 9.17) is 9.84 Å². The molecule has 6 heteroatoms. The van der Waals surface area contributed by atoms with Crippen molar-refractivity contribution in [1.82, 2.24) is 9.88 Å². The molecule has 1 N–H and O–H groups in total. The lowest BCUT2D eigenvalue weighted by Gasteiger charge is -2.16. The smallest absolute Gasteiger partial charge is 0.308 e. The summed E-state index contributed by atoms with van der Waals surface area (Å²) in [6.07, 6.45) is 3.71. The number of rotatable bonds is 4. The molecule has 1 amide bonds. The van der Waals surface area contributed by atoms with E-state index in [0.717, 1.165) is 16.9 Å². The number of likely N-dealkylation sites (tertiary alicyclic amines) is 1. The highest BCUT2D eigenvalue weighted by molar-refractivity contribution is 5.95. The van der Waals surface area contributed by atoms with Crippen molar-refractivity contribution in [1.29, 1.82) is 0 Å². The predicted molar refractivity (Wildman–Crippen MR) is 87.9 cm³/mol. The summed E-state index contributed by atoms with van der Waals surface area (Å²) in [5.74, 6) is -0.751. The summed E-state index contributed by atoms with van der Waals surface area (Å²) in [5.41, 5.74) is 2.23. The van der Waals surface area contributed by atoms with Crippen LogP contribution in [0, 0.1) is 5.92 Å². The van der Waals surface area contributed by atoms with E-state index >= 15 is 0 Å². The number of methoxy groups -OCH3 is 1. The van der Waals surface area contributed by atoms with E-state index in [0.29, 0.717) is 18.5 Å². The number of carboxylic acid groups (broad SMARTS) is 1. The van der Waals surface area contributed by atoms with E-state index in [1.165, 1.54) is 6.20 Å². The van der Waals surface area contributed by atoms with Gasteiger partial charge in [-0.2, -0.15) is 0 Å². The normalized spacial score (nSPS) is 16.9. The minimum atomic E-state index is -0.851. The van der Waals surface area contributed by atoms with E-state index in [1.54, 1.807) is 24.3 Å². The highest BCUT2D eigenvalue weighted by Gasteiger charge is 2.31. The molecule has 0 radical (unpaired) electrons.